The summed E-state index contributed by atoms with van der Waals surface area (Å²) in [5, 5.41) is 8.81. The number of rotatable bonds is 3. The van der Waals surface area contributed by atoms with Crippen LogP contribution in [0.3, 0.4) is 0 Å². The molecule has 0 bridgehead atoms. The zero-order chi connectivity index (χ0) is 14.1. The first-order valence-corrected chi connectivity index (χ1v) is 5.78. The van der Waals surface area contributed by atoms with Gasteiger partial charge in [-0.15, -0.1) is 0 Å². The first kappa shape index (κ1) is 14.5. The van der Waals surface area contributed by atoms with Gasteiger partial charge in [-0.25, -0.2) is 4.79 Å². The predicted octanol–water partition coefficient (Wildman–Crippen LogP) is 0.507. The molecule has 0 aliphatic carbocycles. The molecule has 1 aliphatic rings. The molecule has 18 heavy (non-hydrogen) atoms. The summed E-state index contributed by atoms with van der Waals surface area (Å²) in [7, 11) is 1.23. The number of carbonyl (C=O) groups is 3. The number of carboxylic acids is 1. The van der Waals surface area contributed by atoms with Crippen molar-refractivity contribution in [2.45, 2.75) is 33.2 Å². The van der Waals surface area contributed by atoms with Crippen molar-refractivity contribution in [2.75, 3.05) is 13.7 Å². The Kier molecular flexibility index (Phi) is 3.98. The number of hydrogen-bond acceptors (Lipinski definition) is 4. The summed E-state index contributed by atoms with van der Waals surface area (Å²) in [4.78, 5) is 35.7. The van der Waals surface area contributed by atoms with Gasteiger partial charge in [-0.1, -0.05) is 20.8 Å². The van der Waals surface area contributed by atoms with Crippen LogP contribution in [0.4, 0.5) is 0 Å². The molecule has 1 aliphatic heterocycles. The van der Waals surface area contributed by atoms with Crippen LogP contribution in [0.5, 0.6) is 0 Å². The molecule has 6 nitrogen and oxygen atoms in total. The lowest BCUT2D eigenvalue weighted by molar-refractivity contribution is -0.153. The minimum Gasteiger partial charge on any atom is -0.480 e. The molecule has 1 amide bonds. The van der Waals surface area contributed by atoms with Crippen molar-refractivity contribution in [1.29, 1.82) is 0 Å². The number of hydrogen-bond donors (Lipinski definition) is 1. The van der Waals surface area contributed by atoms with Gasteiger partial charge in [0.1, 0.15) is 12.6 Å². The molecule has 0 aromatic carbocycles. The van der Waals surface area contributed by atoms with Crippen molar-refractivity contribution in [3.8, 4) is 0 Å². The Hall–Kier alpha value is -1.59. The van der Waals surface area contributed by atoms with E-state index in [4.69, 9.17) is 5.11 Å². The molecule has 0 spiro atoms. The maximum absolute atomic E-state index is 12.2. The van der Waals surface area contributed by atoms with E-state index in [1.54, 1.807) is 0 Å². The van der Waals surface area contributed by atoms with E-state index < -0.39 is 24.5 Å². The van der Waals surface area contributed by atoms with Gasteiger partial charge in [-0.2, -0.15) is 0 Å². The number of esters is 1. The molecule has 0 aromatic heterocycles. The molecule has 1 fully saturated rings. The van der Waals surface area contributed by atoms with Gasteiger partial charge in [0.25, 0.3) is 0 Å². The van der Waals surface area contributed by atoms with Crippen LogP contribution in [-0.2, 0) is 19.1 Å². The zero-order valence-corrected chi connectivity index (χ0v) is 11.1. The molecule has 1 heterocycles. The van der Waals surface area contributed by atoms with Crippen LogP contribution in [0.2, 0.25) is 0 Å². The second-order valence-electron chi connectivity index (χ2n) is 5.55. The second-order valence-corrected chi connectivity index (χ2v) is 5.55. The minimum absolute atomic E-state index is 0.291. The third kappa shape index (κ3) is 2.80. The topological polar surface area (TPSA) is 83.9 Å². The summed E-state index contributed by atoms with van der Waals surface area (Å²) in [6, 6.07) is -0.789. The van der Waals surface area contributed by atoms with Crippen molar-refractivity contribution >= 4 is 17.8 Å². The lowest BCUT2D eigenvalue weighted by Gasteiger charge is -2.25. The van der Waals surface area contributed by atoms with Crippen LogP contribution in [0, 0.1) is 11.3 Å². The van der Waals surface area contributed by atoms with Gasteiger partial charge in [0.15, 0.2) is 0 Å². The van der Waals surface area contributed by atoms with Crippen LogP contribution < -0.4 is 0 Å². The summed E-state index contributed by atoms with van der Waals surface area (Å²) < 4.78 is 4.63. The number of aliphatic carboxylic acids is 1. The van der Waals surface area contributed by atoms with E-state index in [0.717, 1.165) is 4.90 Å². The Morgan fingerprint density at radius 2 is 2.00 bits per heavy atom. The van der Waals surface area contributed by atoms with Crippen molar-refractivity contribution in [3.05, 3.63) is 0 Å². The number of amides is 1. The van der Waals surface area contributed by atoms with Crippen LogP contribution in [-0.4, -0.2) is 47.5 Å². The smallest absolute Gasteiger partial charge is 0.328 e. The first-order chi connectivity index (χ1) is 8.18. The summed E-state index contributed by atoms with van der Waals surface area (Å²) >= 11 is 0. The molecule has 1 unspecified atom stereocenters. The molecule has 102 valence electrons. The number of carbonyl (C=O) groups excluding carboxylic acids is 2. The Balaban J connectivity index is 2.99. The standard InChI is InChI=1S/C12H19NO5/c1-12(2,3)7-5-8(11(17)18-4)13(10(7)16)6-9(14)15/h7-8H,5-6H2,1-4H3,(H,14,15)/t7-,8?/m1/s1. The first-order valence-electron chi connectivity index (χ1n) is 5.78. The van der Waals surface area contributed by atoms with Crippen molar-refractivity contribution in [2.24, 2.45) is 11.3 Å². The fourth-order valence-electron chi connectivity index (χ4n) is 2.22. The van der Waals surface area contributed by atoms with Gasteiger partial charge < -0.3 is 14.7 Å². The Labute approximate surface area is 106 Å². The highest BCUT2D eigenvalue weighted by Crippen LogP contribution is 2.38. The van der Waals surface area contributed by atoms with Gasteiger partial charge in [0, 0.05) is 5.92 Å². The average Bonchev–Trinajstić information content (AvgIpc) is 2.54. The van der Waals surface area contributed by atoms with E-state index in [1.165, 1.54) is 7.11 Å². The number of likely N-dealkylation sites (tertiary alicyclic amines) is 1. The molecule has 1 rings (SSSR count). The van der Waals surface area contributed by atoms with E-state index in [1.807, 2.05) is 20.8 Å². The largest absolute Gasteiger partial charge is 0.480 e. The Morgan fingerprint density at radius 1 is 1.44 bits per heavy atom. The Morgan fingerprint density at radius 3 is 2.39 bits per heavy atom. The molecule has 0 aromatic rings. The Bertz CT molecular complexity index is 371. The van der Waals surface area contributed by atoms with Crippen LogP contribution >= 0.6 is 0 Å². The molecule has 6 heteroatoms. The van der Waals surface area contributed by atoms with Gasteiger partial charge in [-0.3, -0.25) is 9.59 Å². The average molecular weight is 257 g/mol. The van der Waals surface area contributed by atoms with E-state index in [2.05, 4.69) is 4.74 Å². The van der Waals surface area contributed by atoms with E-state index >= 15 is 0 Å². The molecule has 0 radical (unpaired) electrons. The lowest BCUT2D eigenvalue weighted by atomic mass is 9.79. The summed E-state index contributed by atoms with van der Waals surface area (Å²) in [6.45, 7) is 5.22. The van der Waals surface area contributed by atoms with Crippen LogP contribution in [0.1, 0.15) is 27.2 Å². The number of ether oxygens (including phenoxy) is 1. The SMILES string of the molecule is COC(=O)C1C[C@@H](C(C)(C)C)C(=O)N1CC(=O)O. The van der Waals surface area contributed by atoms with Crippen molar-refractivity contribution in [3.63, 3.8) is 0 Å². The van der Waals surface area contributed by atoms with E-state index in [9.17, 15) is 14.4 Å². The predicted molar refractivity (Wildman–Crippen MR) is 62.7 cm³/mol. The van der Waals surface area contributed by atoms with Crippen LogP contribution in [0.25, 0.3) is 0 Å². The molecule has 1 N–H and O–H groups in total. The highest BCUT2D eigenvalue weighted by molar-refractivity contribution is 5.92. The molecular weight excluding hydrogens is 238 g/mol. The zero-order valence-electron chi connectivity index (χ0n) is 11.1. The maximum Gasteiger partial charge on any atom is 0.328 e. The second kappa shape index (κ2) is 4.96. The molecular formula is C12H19NO5. The van der Waals surface area contributed by atoms with Gasteiger partial charge >= 0.3 is 11.9 Å². The molecule has 2 atom stereocenters. The molecule has 1 saturated heterocycles. The van der Waals surface area contributed by atoms with E-state index in [-0.39, 0.29) is 17.2 Å². The number of methoxy groups -OCH3 is 1. The van der Waals surface area contributed by atoms with Crippen molar-refractivity contribution in [1.82, 2.24) is 4.90 Å². The highest BCUT2D eigenvalue weighted by atomic mass is 16.5. The third-order valence-electron chi connectivity index (χ3n) is 3.24. The third-order valence-corrected chi connectivity index (χ3v) is 3.24. The van der Waals surface area contributed by atoms with Gasteiger partial charge in [0.05, 0.1) is 7.11 Å². The van der Waals surface area contributed by atoms with E-state index in [0.29, 0.717) is 6.42 Å². The molecule has 0 saturated carbocycles. The van der Waals surface area contributed by atoms with Crippen LogP contribution in [0.15, 0.2) is 0 Å². The summed E-state index contributed by atoms with van der Waals surface area (Å²) in [6.07, 6.45) is 0.308. The lowest BCUT2D eigenvalue weighted by Crippen LogP contribution is -2.43. The normalized spacial score (nSPS) is 24.2. The number of nitrogens with zero attached hydrogens (tertiary/aromatic N) is 1. The van der Waals surface area contributed by atoms with Crippen molar-refractivity contribution < 1.29 is 24.2 Å². The minimum atomic E-state index is -1.13. The number of carboxylic acid groups (broad SMARTS) is 1. The highest BCUT2D eigenvalue weighted by Gasteiger charge is 2.48. The summed E-state index contributed by atoms with van der Waals surface area (Å²) in [5.74, 6) is -2.34. The quantitative estimate of drug-likeness (QED) is 0.745. The fourth-order valence-corrected chi connectivity index (χ4v) is 2.22. The summed E-state index contributed by atoms with van der Waals surface area (Å²) in [5.41, 5.74) is -0.309. The maximum atomic E-state index is 12.2. The monoisotopic (exact) mass is 257 g/mol. The fraction of sp³-hybridized carbons (Fsp3) is 0.750. The van der Waals surface area contributed by atoms with Gasteiger partial charge in [0.2, 0.25) is 5.91 Å². The van der Waals surface area contributed by atoms with Gasteiger partial charge in [-0.05, 0) is 11.8 Å².